The Kier molecular flexibility index (Phi) is 5.03. The van der Waals surface area contributed by atoms with Crippen LogP contribution in [-0.2, 0) is 6.42 Å². The van der Waals surface area contributed by atoms with Gasteiger partial charge in [-0.3, -0.25) is 4.98 Å². The SMILES string of the molecule is COc1cccc(-c2ncc(Cc3ccc(C)cc3C(=O)O)cc2C)c1. The minimum atomic E-state index is -0.901. The second kappa shape index (κ2) is 7.40. The van der Waals surface area contributed by atoms with Crippen molar-refractivity contribution in [3.05, 3.63) is 82.5 Å². The fraction of sp³-hybridized carbons (Fsp3) is 0.182. The maximum absolute atomic E-state index is 11.5. The molecular weight excluding hydrogens is 326 g/mol. The smallest absolute Gasteiger partial charge is 0.335 e. The van der Waals surface area contributed by atoms with Gasteiger partial charge < -0.3 is 9.84 Å². The fourth-order valence-corrected chi connectivity index (χ4v) is 3.07. The number of aryl methyl sites for hydroxylation is 2. The lowest BCUT2D eigenvalue weighted by Gasteiger charge is -2.11. The summed E-state index contributed by atoms with van der Waals surface area (Å²) in [6.07, 6.45) is 2.35. The van der Waals surface area contributed by atoms with Crippen molar-refractivity contribution in [2.24, 2.45) is 0 Å². The van der Waals surface area contributed by atoms with E-state index in [1.165, 1.54) is 0 Å². The van der Waals surface area contributed by atoms with Crippen molar-refractivity contribution in [3.63, 3.8) is 0 Å². The molecule has 2 aromatic carbocycles. The Hall–Kier alpha value is -3.14. The summed E-state index contributed by atoms with van der Waals surface area (Å²) >= 11 is 0. The molecule has 26 heavy (non-hydrogen) atoms. The van der Waals surface area contributed by atoms with Gasteiger partial charge in [0.15, 0.2) is 0 Å². The van der Waals surface area contributed by atoms with E-state index < -0.39 is 5.97 Å². The van der Waals surface area contributed by atoms with Gasteiger partial charge in [-0.15, -0.1) is 0 Å². The molecule has 3 rings (SSSR count). The highest BCUT2D eigenvalue weighted by Crippen LogP contribution is 2.26. The Bertz CT molecular complexity index is 963. The normalized spacial score (nSPS) is 10.6. The summed E-state index contributed by atoms with van der Waals surface area (Å²) in [4.78, 5) is 16.1. The second-order valence-corrected chi connectivity index (χ2v) is 6.38. The summed E-state index contributed by atoms with van der Waals surface area (Å²) in [5.41, 5.74) is 6.00. The molecule has 0 radical (unpaired) electrons. The first-order valence-electron chi connectivity index (χ1n) is 8.40. The second-order valence-electron chi connectivity index (χ2n) is 6.38. The average Bonchev–Trinajstić information content (AvgIpc) is 2.63. The van der Waals surface area contributed by atoms with E-state index in [1.54, 1.807) is 13.2 Å². The molecule has 0 aliphatic carbocycles. The molecule has 1 aromatic heterocycles. The highest BCUT2D eigenvalue weighted by atomic mass is 16.5. The number of nitrogens with zero attached hydrogens (tertiary/aromatic N) is 1. The predicted octanol–water partition coefficient (Wildman–Crippen LogP) is 4.66. The lowest BCUT2D eigenvalue weighted by atomic mass is 9.97. The number of carboxylic acid groups (broad SMARTS) is 1. The summed E-state index contributed by atoms with van der Waals surface area (Å²) in [6, 6.07) is 15.4. The molecule has 0 aliphatic heterocycles. The lowest BCUT2D eigenvalue weighted by Crippen LogP contribution is -2.04. The average molecular weight is 347 g/mol. The summed E-state index contributed by atoms with van der Waals surface area (Å²) in [5.74, 6) is -0.111. The van der Waals surface area contributed by atoms with E-state index in [-0.39, 0.29) is 0 Å². The number of aromatic carboxylic acids is 1. The quantitative estimate of drug-likeness (QED) is 0.729. The number of hydrogen-bond donors (Lipinski definition) is 1. The molecule has 1 N–H and O–H groups in total. The van der Waals surface area contributed by atoms with E-state index in [0.29, 0.717) is 12.0 Å². The molecule has 132 valence electrons. The first kappa shape index (κ1) is 17.7. The Morgan fingerprint density at radius 3 is 2.62 bits per heavy atom. The van der Waals surface area contributed by atoms with Crippen LogP contribution in [0.1, 0.15) is 32.6 Å². The molecule has 0 aliphatic rings. The molecule has 0 unspecified atom stereocenters. The fourth-order valence-electron chi connectivity index (χ4n) is 3.07. The number of rotatable bonds is 5. The Labute approximate surface area is 153 Å². The summed E-state index contributed by atoms with van der Waals surface area (Å²) in [6.45, 7) is 3.91. The molecule has 3 aromatic rings. The zero-order valence-electron chi connectivity index (χ0n) is 15.1. The number of hydrogen-bond acceptors (Lipinski definition) is 3. The maximum Gasteiger partial charge on any atom is 0.335 e. The molecule has 0 bridgehead atoms. The number of pyridine rings is 1. The van der Waals surface area contributed by atoms with Gasteiger partial charge in [-0.2, -0.15) is 0 Å². The van der Waals surface area contributed by atoms with Crippen LogP contribution >= 0.6 is 0 Å². The monoisotopic (exact) mass is 347 g/mol. The van der Waals surface area contributed by atoms with Crippen molar-refractivity contribution in [1.29, 1.82) is 0 Å². The number of aromatic nitrogens is 1. The third-order valence-corrected chi connectivity index (χ3v) is 4.37. The third kappa shape index (κ3) is 3.75. The number of ether oxygens (including phenoxy) is 1. The van der Waals surface area contributed by atoms with Gasteiger partial charge in [0.1, 0.15) is 5.75 Å². The van der Waals surface area contributed by atoms with Crippen molar-refractivity contribution < 1.29 is 14.6 Å². The molecule has 1 heterocycles. The molecular formula is C22H21NO3. The van der Waals surface area contributed by atoms with E-state index in [2.05, 4.69) is 11.1 Å². The number of carbonyl (C=O) groups is 1. The van der Waals surface area contributed by atoms with Gasteiger partial charge >= 0.3 is 5.97 Å². The number of methoxy groups -OCH3 is 1. The van der Waals surface area contributed by atoms with Crippen LogP contribution in [0.3, 0.4) is 0 Å². The van der Waals surface area contributed by atoms with Gasteiger partial charge in [0.25, 0.3) is 0 Å². The van der Waals surface area contributed by atoms with E-state index in [9.17, 15) is 9.90 Å². The van der Waals surface area contributed by atoms with Gasteiger partial charge in [-0.05, 0) is 55.2 Å². The van der Waals surface area contributed by atoms with E-state index >= 15 is 0 Å². The van der Waals surface area contributed by atoms with E-state index in [4.69, 9.17) is 4.74 Å². The number of carboxylic acids is 1. The van der Waals surface area contributed by atoms with Crippen LogP contribution in [0.2, 0.25) is 0 Å². The molecule has 0 saturated heterocycles. The zero-order chi connectivity index (χ0) is 18.7. The Balaban J connectivity index is 1.92. The highest BCUT2D eigenvalue weighted by molar-refractivity contribution is 5.89. The standard InChI is InChI=1S/C22H21NO3/c1-14-7-8-17(20(9-14)22(24)25)11-16-10-15(2)21(23-13-16)18-5-4-6-19(12-18)26-3/h4-10,12-13H,11H2,1-3H3,(H,24,25). The minimum Gasteiger partial charge on any atom is -0.497 e. The lowest BCUT2D eigenvalue weighted by molar-refractivity contribution is 0.0695. The van der Waals surface area contributed by atoms with Crippen molar-refractivity contribution in [3.8, 4) is 17.0 Å². The highest BCUT2D eigenvalue weighted by Gasteiger charge is 2.12. The molecule has 0 amide bonds. The number of benzene rings is 2. The van der Waals surface area contributed by atoms with Crippen LogP contribution in [0.25, 0.3) is 11.3 Å². The molecule has 0 atom stereocenters. The van der Waals surface area contributed by atoms with Gasteiger partial charge in [0, 0.05) is 11.8 Å². The molecule has 0 saturated carbocycles. The summed E-state index contributed by atoms with van der Waals surface area (Å²) < 4.78 is 5.28. The first-order valence-corrected chi connectivity index (χ1v) is 8.40. The first-order chi connectivity index (χ1) is 12.5. The van der Waals surface area contributed by atoms with Crippen LogP contribution in [-0.4, -0.2) is 23.2 Å². The van der Waals surface area contributed by atoms with Crippen molar-refractivity contribution in [2.75, 3.05) is 7.11 Å². The Morgan fingerprint density at radius 2 is 1.92 bits per heavy atom. The van der Waals surface area contributed by atoms with Crippen molar-refractivity contribution in [1.82, 2.24) is 4.98 Å². The zero-order valence-corrected chi connectivity index (χ0v) is 15.1. The third-order valence-electron chi connectivity index (χ3n) is 4.37. The van der Waals surface area contributed by atoms with Crippen molar-refractivity contribution >= 4 is 5.97 Å². The summed E-state index contributed by atoms with van der Waals surface area (Å²) in [5, 5.41) is 9.44. The van der Waals surface area contributed by atoms with Gasteiger partial charge in [-0.1, -0.05) is 35.9 Å². The van der Waals surface area contributed by atoms with Crippen LogP contribution in [0.5, 0.6) is 5.75 Å². The van der Waals surface area contributed by atoms with Gasteiger partial charge in [0.2, 0.25) is 0 Å². The maximum atomic E-state index is 11.5. The van der Waals surface area contributed by atoms with Crippen LogP contribution in [0.4, 0.5) is 0 Å². The van der Waals surface area contributed by atoms with E-state index in [0.717, 1.165) is 39.3 Å². The molecule has 4 nitrogen and oxygen atoms in total. The van der Waals surface area contributed by atoms with Gasteiger partial charge in [0.05, 0.1) is 18.4 Å². The van der Waals surface area contributed by atoms with Gasteiger partial charge in [-0.25, -0.2) is 4.79 Å². The minimum absolute atomic E-state index is 0.347. The van der Waals surface area contributed by atoms with Crippen LogP contribution in [0, 0.1) is 13.8 Å². The van der Waals surface area contributed by atoms with Crippen LogP contribution in [0.15, 0.2) is 54.7 Å². The van der Waals surface area contributed by atoms with E-state index in [1.807, 2.05) is 56.4 Å². The Morgan fingerprint density at radius 1 is 1.12 bits per heavy atom. The summed E-state index contributed by atoms with van der Waals surface area (Å²) in [7, 11) is 1.64. The molecule has 4 heteroatoms. The van der Waals surface area contributed by atoms with Crippen molar-refractivity contribution in [2.45, 2.75) is 20.3 Å². The molecule has 0 spiro atoms. The van der Waals surface area contributed by atoms with Crippen LogP contribution < -0.4 is 4.74 Å². The predicted molar refractivity (Wildman–Crippen MR) is 102 cm³/mol. The topological polar surface area (TPSA) is 59.4 Å². The molecule has 0 fully saturated rings. The largest absolute Gasteiger partial charge is 0.497 e.